The van der Waals surface area contributed by atoms with Crippen molar-refractivity contribution in [1.82, 2.24) is 8.87 Å². The first kappa shape index (κ1) is 18.5. The molecule has 0 fully saturated rings. The Kier molecular flexibility index (Phi) is 7.73. The fraction of sp³-hybridized carbons (Fsp3) is 0.714. The lowest BCUT2D eigenvalue weighted by Gasteiger charge is -2.19. The lowest BCUT2D eigenvalue weighted by atomic mass is 10.4. The summed E-state index contributed by atoms with van der Waals surface area (Å²) in [6.45, 7) is 8.31. The number of sulfonamides is 1. The highest BCUT2D eigenvalue weighted by atomic mass is 35.5. The molecular weight excluding hydrogens is 312 g/mol. The molecule has 0 radical (unpaired) electrons. The van der Waals surface area contributed by atoms with Crippen molar-refractivity contribution in [3.05, 3.63) is 18.0 Å². The number of nitrogens with zero attached hydrogens (tertiary/aromatic N) is 2. The van der Waals surface area contributed by atoms with E-state index >= 15 is 0 Å². The van der Waals surface area contributed by atoms with Gasteiger partial charge in [0.2, 0.25) is 10.0 Å². The third-order valence-corrected chi connectivity index (χ3v) is 5.46. The van der Waals surface area contributed by atoms with Crippen molar-refractivity contribution in [3.8, 4) is 0 Å². The van der Waals surface area contributed by atoms with Crippen LogP contribution < -0.4 is 0 Å². The van der Waals surface area contributed by atoms with Gasteiger partial charge in [-0.15, -0.1) is 11.6 Å². The molecule has 1 aromatic rings. The molecule has 0 aliphatic carbocycles. The van der Waals surface area contributed by atoms with Gasteiger partial charge in [0.1, 0.15) is 4.90 Å². The molecule has 5 nitrogen and oxygen atoms in total. The monoisotopic (exact) mass is 336 g/mol. The van der Waals surface area contributed by atoms with Gasteiger partial charge in [-0.1, -0.05) is 13.8 Å². The van der Waals surface area contributed by atoms with E-state index in [2.05, 4.69) is 0 Å². The van der Waals surface area contributed by atoms with Crippen LogP contribution in [-0.2, 0) is 27.2 Å². The summed E-state index contributed by atoms with van der Waals surface area (Å²) in [5, 5.41) is 0. The van der Waals surface area contributed by atoms with Crippen LogP contribution in [0.3, 0.4) is 0 Å². The van der Waals surface area contributed by atoms with Crippen LogP contribution in [0.15, 0.2) is 17.2 Å². The van der Waals surface area contributed by atoms with Crippen molar-refractivity contribution in [1.29, 1.82) is 0 Å². The Labute approximate surface area is 132 Å². The number of alkyl halides is 1. The zero-order valence-corrected chi connectivity index (χ0v) is 14.6. The second-order valence-corrected chi connectivity index (χ2v) is 6.89. The summed E-state index contributed by atoms with van der Waals surface area (Å²) in [4.78, 5) is 0.310. The highest BCUT2D eigenvalue weighted by molar-refractivity contribution is 7.89. The Balaban J connectivity index is 2.99. The van der Waals surface area contributed by atoms with E-state index in [9.17, 15) is 8.42 Å². The zero-order valence-electron chi connectivity index (χ0n) is 13.0. The highest BCUT2D eigenvalue weighted by Crippen LogP contribution is 2.20. The quantitative estimate of drug-likeness (QED) is 0.487. The van der Waals surface area contributed by atoms with Gasteiger partial charge in [-0.2, -0.15) is 4.31 Å². The van der Waals surface area contributed by atoms with Gasteiger partial charge in [-0.25, -0.2) is 8.42 Å². The van der Waals surface area contributed by atoms with E-state index < -0.39 is 10.0 Å². The third-order valence-electron chi connectivity index (χ3n) is 3.24. The zero-order chi connectivity index (χ0) is 15.9. The molecule has 0 saturated carbocycles. The molecule has 21 heavy (non-hydrogen) atoms. The summed E-state index contributed by atoms with van der Waals surface area (Å²) in [5.41, 5.74) is 0.831. The Morgan fingerprint density at radius 2 is 2.05 bits per heavy atom. The molecular formula is C14H25ClN2O3S. The minimum atomic E-state index is -3.49. The second kappa shape index (κ2) is 8.78. The maximum absolute atomic E-state index is 12.7. The maximum atomic E-state index is 12.7. The predicted molar refractivity (Wildman–Crippen MR) is 85.2 cm³/mol. The molecule has 0 N–H and O–H groups in total. The standard InChI is InChI=1S/C14H25ClN2O3S/c1-4-7-16-12-14(10-13(16)11-15)21(18,19)17(5-2)8-9-20-6-3/h10,12H,4-9,11H2,1-3H3. The molecule has 0 aliphatic heterocycles. The smallest absolute Gasteiger partial charge is 0.244 e. The topological polar surface area (TPSA) is 51.5 Å². The average Bonchev–Trinajstić information content (AvgIpc) is 2.87. The lowest BCUT2D eigenvalue weighted by Crippen LogP contribution is -2.33. The Bertz CT molecular complexity index is 528. The van der Waals surface area contributed by atoms with Crippen molar-refractivity contribution in [2.24, 2.45) is 0 Å². The summed E-state index contributed by atoms with van der Waals surface area (Å²) in [6, 6.07) is 1.67. The summed E-state index contributed by atoms with van der Waals surface area (Å²) >= 11 is 5.90. The van der Waals surface area contributed by atoms with Crippen LogP contribution in [0.5, 0.6) is 0 Å². The summed E-state index contributed by atoms with van der Waals surface area (Å²) in [6.07, 6.45) is 2.61. The van der Waals surface area contributed by atoms with E-state index in [1.165, 1.54) is 4.31 Å². The van der Waals surface area contributed by atoms with Gasteiger partial charge in [-0.3, -0.25) is 0 Å². The molecule has 1 heterocycles. The summed E-state index contributed by atoms with van der Waals surface area (Å²) < 4.78 is 33.9. The number of likely N-dealkylation sites (N-methyl/N-ethyl adjacent to an activating group) is 1. The molecule has 0 bridgehead atoms. The van der Waals surface area contributed by atoms with Crippen LogP contribution in [-0.4, -0.2) is 43.6 Å². The van der Waals surface area contributed by atoms with Gasteiger partial charge in [0.25, 0.3) is 0 Å². The number of aromatic nitrogens is 1. The van der Waals surface area contributed by atoms with Crippen molar-refractivity contribution >= 4 is 21.6 Å². The molecule has 7 heteroatoms. The molecule has 0 spiro atoms. The number of halogens is 1. The number of rotatable bonds is 10. The van der Waals surface area contributed by atoms with Gasteiger partial charge in [0.15, 0.2) is 0 Å². The van der Waals surface area contributed by atoms with Crippen molar-refractivity contribution in [2.45, 2.75) is 44.5 Å². The van der Waals surface area contributed by atoms with Crippen molar-refractivity contribution in [3.63, 3.8) is 0 Å². The molecule has 0 aromatic carbocycles. The molecule has 1 aromatic heterocycles. The fourth-order valence-electron chi connectivity index (χ4n) is 2.13. The second-order valence-electron chi connectivity index (χ2n) is 4.69. The third kappa shape index (κ3) is 4.71. The largest absolute Gasteiger partial charge is 0.380 e. The van der Waals surface area contributed by atoms with Crippen LogP contribution in [0.4, 0.5) is 0 Å². The number of ether oxygens (including phenoxy) is 1. The van der Waals surface area contributed by atoms with Crippen LogP contribution in [0.1, 0.15) is 32.9 Å². The van der Waals surface area contributed by atoms with E-state index in [4.69, 9.17) is 16.3 Å². The van der Waals surface area contributed by atoms with Crippen molar-refractivity contribution < 1.29 is 13.2 Å². The van der Waals surface area contributed by atoms with Gasteiger partial charge in [-0.05, 0) is 19.4 Å². The van der Waals surface area contributed by atoms with Crippen LogP contribution in [0.25, 0.3) is 0 Å². The SMILES string of the molecule is CCCn1cc(S(=O)(=O)N(CC)CCOCC)cc1CCl. The first-order valence-corrected chi connectivity index (χ1v) is 9.31. The summed E-state index contributed by atoms with van der Waals surface area (Å²) in [7, 11) is -3.49. The van der Waals surface area contributed by atoms with E-state index in [1.807, 2.05) is 25.3 Å². The van der Waals surface area contributed by atoms with Gasteiger partial charge in [0.05, 0.1) is 12.5 Å². The van der Waals surface area contributed by atoms with Crippen LogP contribution in [0.2, 0.25) is 0 Å². The average molecular weight is 337 g/mol. The highest BCUT2D eigenvalue weighted by Gasteiger charge is 2.25. The van der Waals surface area contributed by atoms with Gasteiger partial charge in [0, 0.05) is 38.1 Å². The maximum Gasteiger partial charge on any atom is 0.244 e. The Hall–Kier alpha value is -0.560. The Morgan fingerprint density at radius 1 is 1.33 bits per heavy atom. The molecule has 0 saturated heterocycles. The van der Waals surface area contributed by atoms with E-state index in [0.29, 0.717) is 37.1 Å². The minimum absolute atomic E-state index is 0.306. The number of hydrogen-bond donors (Lipinski definition) is 0. The molecule has 0 aliphatic rings. The molecule has 1 rings (SSSR count). The van der Waals surface area contributed by atoms with E-state index in [1.54, 1.807) is 12.3 Å². The van der Waals surface area contributed by atoms with Gasteiger partial charge >= 0.3 is 0 Å². The fourth-order valence-corrected chi connectivity index (χ4v) is 3.86. The van der Waals surface area contributed by atoms with Gasteiger partial charge < -0.3 is 9.30 Å². The molecule has 0 amide bonds. The Morgan fingerprint density at radius 3 is 2.57 bits per heavy atom. The van der Waals surface area contributed by atoms with E-state index in [-0.39, 0.29) is 0 Å². The van der Waals surface area contributed by atoms with Crippen LogP contribution >= 0.6 is 11.6 Å². The number of hydrogen-bond acceptors (Lipinski definition) is 3. The minimum Gasteiger partial charge on any atom is -0.380 e. The predicted octanol–water partition coefficient (Wildman–Crippen LogP) is 2.68. The first-order chi connectivity index (χ1) is 10.0. The molecule has 0 unspecified atom stereocenters. The van der Waals surface area contributed by atoms with Crippen molar-refractivity contribution in [2.75, 3.05) is 26.3 Å². The normalized spacial score (nSPS) is 12.2. The van der Waals surface area contributed by atoms with E-state index in [0.717, 1.165) is 18.7 Å². The molecule has 0 atom stereocenters. The van der Waals surface area contributed by atoms with Crippen LogP contribution in [0, 0.1) is 0 Å². The lowest BCUT2D eigenvalue weighted by molar-refractivity contribution is 0.135. The summed E-state index contributed by atoms with van der Waals surface area (Å²) in [5.74, 6) is 0.306. The number of aryl methyl sites for hydroxylation is 1. The molecule has 122 valence electrons. The first-order valence-electron chi connectivity index (χ1n) is 7.34.